The molecule has 0 unspecified atom stereocenters. The lowest BCUT2D eigenvalue weighted by atomic mass is 9.95. The number of hydrogen-bond donors (Lipinski definition) is 1. The number of anilines is 1. The van der Waals surface area contributed by atoms with E-state index in [9.17, 15) is 4.79 Å². The molecular weight excluding hydrogens is 356 g/mol. The molecule has 5 heteroatoms. The maximum atomic E-state index is 12.8. The molecule has 1 amide bonds. The summed E-state index contributed by atoms with van der Waals surface area (Å²) in [6.45, 7) is 2.80. The van der Waals surface area contributed by atoms with E-state index in [1.54, 1.807) is 0 Å². The summed E-state index contributed by atoms with van der Waals surface area (Å²) in [6, 6.07) is 17.9. The predicted octanol–water partition coefficient (Wildman–Crippen LogP) is 5.27. The lowest BCUT2D eigenvalue weighted by Gasteiger charge is -2.14. The van der Waals surface area contributed by atoms with E-state index in [4.69, 9.17) is 4.74 Å². The zero-order valence-electron chi connectivity index (χ0n) is 15.3. The molecule has 0 aliphatic heterocycles. The average molecular weight is 378 g/mol. The molecular formula is C22H22N2O2S. The summed E-state index contributed by atoms with van der Waals surface area (Å²) in [5.41, 5.74) is 2.58. The Kier molecular flexibility index (Phi) is 4.94. The van der Waals surface area contributed by atoms with Gasteiger partial charge in [-0.25, -0.2) is 4.98 Å². The molecule has 3 aromatic rings. The van der Waals surface area contributed by atoms with Crippen molar-refractivity contribution in [1.82, 2.24) is 4.98 Å². The smallest absolute Gasteiger partial charge is 0.236 e. The quantitative estimate of drug-likeness (QED) is 0.609. The number of nitrogens with zero attached hydrogens (tertiary/aromatic N) is 1. The molecule has 4 rings (SSSR count). The maximum absolute atomic E-state index is 12.8. The minimum absolute atomic E-state index is 0.0397. The van der Waals surface area contributed by atoms with Crippen LogP contribution in [0.1, 0.15) is 31.7 Å². The first-order valence-corrected chi connectivity index (χ1v) is 10.1. The van der Waals surface area contributed by atoms with Crippen molar-refractivity contribution in [2.75, 3.05) is 11.9 Å². The third-order valence-electron chi connectivity index (χ3n) is 4.86. The Morgan fingerprint density at radius 1 is 1.15 bits per heavy atom. The normalized spacial score (nSPS) is 14.6. The van der Waals surface area contributed by atoms with Gasteiger partial charge in [-0.2, -0.15) is 0 Å². The number of hydrogen-bond acceptors (Lipinski definition) is 4. The molecule has 1 aliphatic rings. The van der Waals surface area contributed by atoms with Gasteiger partial charge >= 0.3 is 0 Å². The highest BCUT2D eigenvalue weighted by atomic mass is 32.1. The first kappa shape index (κ1) is 17.7. The number of carbonyl (C=O) groups is 1. The number of nitrogens with one attached hydrogen (secondary N) is 1. The molecule has 1 aromatic heterocycles. The average Bonchev–Trinajstić information content (AvgIpc) is 3.41. The molecule has 138 valence electrons. The summed E-state index contributed by atoms with van der Waals surface area (Å²) in [7, 11) is 0. The highest BCUT2D eigenvalue weighted by Crippen LogP contribution is 2.49. The molecule has 4 nitrogen and oxygen atoms in total. The molecule has 0 saturated heterocycles. The minimum Gasteiger partial charge on any atom is -0.494 e. The maximum Gasteiger partial charge on any atom is 0.236 e. The van der Waals surface area contributed by atoms with E-state index in [1.807, 2.05) is 60.0 Å². The molecule has 0 atom stereocenters. The standard InChI is InChI=1S/C22H22N2O2S/c1-2-14-26-18-10-8-16(9-11-18)19-15-27-21(23-19)24-20(25)22(12-13-22)17-6-4-3-5-7-17/h3-11,15H,2,12-14H2,1H3,(H,23,24,25). The zero-order chi connectivity index (χ0) is 18.7. The first-order valence-electron chi connectivity index (χ1n) is 9.27. The van der Waals surface area contributed by atoms with Gasteiger partial charge in [-0.3, -0.25) is 4.79 Å². The Bertz CT molecular complexity index is 915. The van der Waals surface area contributed by atoms with Gasteiger partial charge in [0.25, 0.3) is 0 Å². The number of amides is 1. The molecule has 1 saturated carbocycles. The van der Waals surface area contributed by atoms with E-state index < -0.39 is 0 Å². The van der Waals surface area contributed by atoms with Crippen LogP contribution in [-0.2, 0) is 10.2 Å². The van der Waals surface area contributed by atoms with Crippen LogP contribution in [0.2, 0.25) is 0 Å². The van der Waals surface area contributed by atoms with Gasteiger partial charge in [0.05, 0.1) is 17.7 Å². The van der Waals surface area contributed by atoms with Crippen LogP contribution in [0.4, 0.5) is 5.13 Å². The Hall–Kier alpha value is -2.66. The fraction of sp³-hybridized carbons (Fsp3) is 0.273. The van der Waals surface area contributed by atoms with Gasteiger partial charge in [0.15, 0.2) is 5.13 Å². The zero-order valence-corrected chi connectivity index (χ0v) is 16.1. The lowest BCUT2D eigenvalue weighted by Crippen LogP contribution is -2.27. The number of carbonyl (C=O) groups excluding carboxylic acids is 1. The lowest BCUT2D eigenvalue weighted by molar-refractivity contribution is -0.118. The Morgan fingerprint density at radius 3 is 2.56 bits per heavy atom. The Labute approximate surface area is 163 Å². The summed E-state index contributed by atoms with van der Waals surface area (Å²) < 4.78 is 5.62. The number of benzene rings is 2. The van der Waals surface area contributed by atoms with Crippen molar-refractivity contribution in [3.05, 3.63) is 65.5 Å². The van der Waals surface area contributed by atoms with Gasteiger partial charge in [-0.05, 0) is 49.1 Å². The number of ether oxygens (including phenoxy) is 1. The first-order chi connectivity index (χ1) is 13.2. The van der Waals surface area contributed by atoms with Crippen molar-refractivity contribution >= 4 is 22.4 Å². The van der Waals surface area contributed by atoms with E-state index in [0.717, 1.165) is 48.4 Å². The van der Waals surface area contributed by atoms with Crippen molar-refractivity contribution in [3.63, 3.8) is 0 Å². The van der Waals surface area contributed by atoms with E-state index in [-0.39, 0.29) is 11.3 Å². The minimum atomic E-state index is -0.384. The third kappa shape index (κ3) is 3.74. The van der Waals surface area contributed by atoms with Gasteiger partial charge in [0.1, 0.15) is 5.75 Å². The van der Waals surface area contributed by atoms with Crippen molar-refractivity contribution in [2.45, 2.75) is 31.6 Å². The highest BCUT2D eigenvalue weighted by Gasteiger charge is 2.51. The van der Waals surface area contributed by atoms with Gasteiger partial charge in [0.2, 0.25) is 5.91 Å². The summed E-state index contributed by atoms with van der Waals surface area (Å²) in [4.78, 5) is 17.4. The number of aromatic nitrogens is 1. The van der Waals surface area contributed by atoms with Crippen LogP contribution in [-0.4, -0.2) is 17.5 Å². The molecule has 1 N–H and O–H groups in total. The molecule has 1 aliphatic carbocycles. The number of thiazole rings is 1. The predicted molar refractivity (Wildman–Crippen MR) is 109 cm³/mol. The summed E-state index contributed by atoms with van der Waals surface area (Å²) in [5, 5.41) is 5.63. The number of rotatable bonds is 7. The molecule has 1 heterocycles. The van der Waals surface area contributed by atoms with Crippen LogP contribution in [0.3, 0.4) is 0 Å². The second kappa shape index (κ2) is 7.53. The van der Waals surface area contributed by atoms with Crippen LogP contribution < -0.4 is 10.1 Å². The van der Waals surface area contributed by atoms with Crippen LogP contribution in [0.5, 0.6) is 5.75 Å². The Morgan fingerprint density at radius 2 is 1.89 bits per heavy atom. The van der Waals surface area contributed by atoms with Crippen LogP contribution in [0, 0.1) is 0 Å². The Balaban J connectivity index is 1.45. The molecule has 0 spiro atoms. The molecule has 0 bridgehead atoms. The van der Waals surface area contributed by atoms with E-state index >= 15 is 0 Å². The highest BCUT2D eigenvalue weighted by molar-refractivity contribution is 7.14. The largest absolute Gasteiger partial charge is 0.494 e. The van der Waals surface area contributed by atoms with Gasteiger partial charge in [0, 0.05) is 10.9 Å². The van der Waals surface area contributed by atoms with Crippen molar-refractivity contribution in [3.8, 4) is 17.0 Å². The fourth-order valence-electron chi connectivity index (χ4n) is 3.15. The second-order valence-electron chi connectivity index (χ2n) is 6.81. The molecule has 0 radical (unpaired) electrons. The van der Waals surface area contributed by atoms with E-state index in [1.165, 1.54) is 11.3 Å². The van der Waals surface area contributed by atoms with E-state index in [0.29, 0.717) is 5.13 Å². The monoisotopic (exact) mass is 378 g/mol. The SMILES string of the molecule is CCCOc1ccc(-c2csc(NC(=O)C3(c4ccccc4)CC3)n2)cc1. The van der Waals surface area contributed by atoms with Gasteiger partial charge < -0.3 is 10.1 Å². The fourth-order valence-corrected chi connectivity index (χ4v) is 3.87. The summed E-state index contributed by atoms with van der Waals surface area (Å²) in [6.07, 6.45) is 2.77. The van der Waals surface area contributed by atoms with Crippen LogP contribution >= 0.6 is 11.3 Å². The topological polar surface area (TPSA) is 51.2 Å². The van der Waals surface area contributed by atoms with Crippen LogP contribution in [0.15, 0.2) is 60.0 Å². The third-order valence-corrected chi connectivity index (χ3v) is 5.62. The second-order valence-corrected chi connectivity index (χ2v) is 7.67. The molecule has 27 heavy (non-hydrogen) atoms. The van der Waals surface area contributed by atoms with E-state index in [2.05, 4.69) is 17.2 Å². The van der Waals surface area contributed by atoms with Crippen molar-refractivity contribution in [2.24, 2.45) is 0 Å². The summed E-state index contributed by atoms with van der Waals surface area (Å²) >= 11 is 1.46. The van der Waals surface area contributed by atoms with Crippen molar-refractivity contribution < 1.29 is 9.53 Å². The van der Waals surface area contributed by atoms with Gasteiger partial charge in [-0.1, -0.05) is 37.3 Å². The van der Waals surface area contributed by atoms with Gasteiger partial charge in [-0.15, -0.1) is 11.3 Å². The summed E-state index contributed by atoms with van der Waals surface area (Å²) in [5.74, 6) is 0.904. The molecule has 2 aromatic carbocycles. The van der Waals surface area contributed by atoms with Crippen molar-refractivity contribution in [1.29, 1.82) is 0 Å². The molecule has 1 fully saturated rings. The van der Waals surface area contributed by atoms with Crippen LogP contribution in [0.25, 0.3) is 11.3 Å².